The summed E-state index contributed by atoms with van der Waals surface area (Å²) >= 11 is 0. The van der Waals surface area contributed by atoms with Gasteiger partial charge in [0.25, 0.3) is 5.56 Å². The maximum Gasteiger partial charge on any atom is 0.261 e. The van der Waals surface area contributed by atoms with E-state index >= 15 is 0 Å². The molecule has 25 heavy (non-hydrogen) atoms. The smallest absolute Gasteiger partial charge is 0.261 e. The monoisotopic (exact) mass is 341 g/mol. The summed E-state index contributed by atoms with van der Waals surface area (Å²) in [5.41, 5.74) is 0.507. The van der Waals surface area contributed by atoms with Gasteiger partial charge in [0.15, 0.2) is 0 Å². The fraction of sp³-hybridized carbons (Fsp3) is 0.500. The molecule has 0 bridgehead atoms. The van der Waals surface area contributed by atoms with E-state index in [-0.39, 0.29) is 18.0 Å². The van der Waals surface area contributed by atoms with Crippen molar-refractivity contribution < 1.29 is 4.79 Å². The van der Waals surface area contributed by atoms with Gasteiger partial charge < -0.3 is 10.2 Å². The highest BCUT2D eigenvalue weighted by molar-refractivity contribution is 5.79. The van der Waals surface area contributed by atoms with Gasteiger partial charge in [-0.1, -0.05) is 12.1 Å². The van der Waals surface area contributed by atoms with Crippen molar-refractivity contribution in [1.29, 1.82) is 0 Å². The van der Waals surface area contributed by atoms with Crippen molar-refractivity contribution in [1.82, 2.24) is 24.7 Å². The van der Waals surface area contributed by atoms with Crippen LogP contribution < -0.4 is 10.9 Å². The summed E-state index contributed by atoms with van der Waals surface area (Å²) in [4.78, 5) is 33.8. The summed E-state index contributed by atoms with van der Waals surface area (Å²) < 4.78 is 1.42. The first-order chi connectivity index (χ1) is 12.2. The number of hydrogen-bond donors (Lipinski definition) is 1. The van der Waals surface area contributed by atoms with Gasteiger partial charge in [0.1, 0.15) is 6.54 Å². The Morgan fingerprint density at radius 1 is 1.20 bits per heavy atom. The topological polar surface area (TPSA) is 70.5 Å². The third-order valence-corrected chi connectivity index (χ3v) is 5.22. The van der Waals surface area contributed by atoms with Crippen LogP contribution in [0.2, 0.25) is 0 Å². The number of nitrogens with zero attached hydrogens (tertiary/aromatic N) is 4. The lowest BCUT2D eigenvalue weighted by atomic mass is 10.2. The van der Waals surface area contributed by atoms with Crippen LogP contribution in [0.1, 0.15) is 6.42 Å². The minimum absolute atomic E-state index is 0.00295. The Balaban J connectivity index is 1.44. The number of carbonyl (C=O) groups is 1. The second-order valence-electron chi connectivity index (χ2n) is 6.76. The van der Waals surface area contributed by atoms with Crippen LogP contribution in [-0.2, 0) is 11.3 Å². The molecule has 4 rings (SSSR count). The van der Waals surface area contributed by atoms with Crippen LogP contribution in [0.5, 0.6) is 0 Å². The highest BCUT2D eigenvalue weighted by Gasteiger charge is 2.30. The number of nitrogens with one attached hydrogen (secondary N) is 1. The number of fused-ring (bicyclic) bond motifs is 1. The number of rotatable bonds is 3. The largest absolute Gasteiger partial charge is 0.340 e. The molecule has 3 heterocycles. The number of carbonyl (C=O) groups excluding carboxylic acids is 1. The van der Waals surface area contributed by atoms with Crippen LogP contribution in [-0.4, -0.2) is 70.6 Å². The number of piperazine rings is 1. The average Bonchev–Trinajstić information content (AvgIpc) is 3.15. The first-order valence-electron chi connectivity index (χ1n) is 8.89. The molecule has 2 aliphatic rings. The molecule has 2 aliphatic heterocycles. The van der Waals surface area contributed by atoms with E-state index in [0.29, 0.717) is 16.9 Å². The minimum atomic E-state index is -0.156. The van der Waals surface area contributed by atoms with Crippen molar-refractivity contribution in [3.63, 3.8) is 0 Å². The van der Waals surface area contributed by atoms with Gasteiger partial charge in [0.05, 0.1) is 17.2 Å². The summed E-state index contributed by atoms with van der Waals surface area (Å²) in [5, 5.41) is 3.91. The molecule has 132 valence electrons. The van der Waals surface area contributed by atoms with Crippen molar-refractivity contribution in [3.8, 4) is 0 Å². The summed E-state index contributed by atoms with van der Waals surface area (Å²) in [6.45, 7) is 5.70. The molecule has 1 aromatic carbocycles. The van der Waals surface area contributed by atoms with Crippen LogP contribution in [0.3, 0.4) is 0 Å². The normalized spacial score (nSPS) is 21.8. The first kappa shape index (κ1) is 16.2. The van der Waals surface area contributed by atoms with E-state index in [1.807, 2.05) is 17.0 Å². The van der Waals surface area contributed by atoms with Gasteiger partial charge in [-0.3, -0.25) is 19.1 Å². The molecule has 0 aliphatic carbocycles. The highest BCUT2D eigenvalue weighted by atomic mass is 16.2. The fourth-order valence-corrected chi connectivity index (χ4v) is 3.78. The van der Waals surface area contributed by atoms with Crippen molar-refractivity contribution >= 4 is 16.8 Å². The van der Waals surface area contributed by atoms with Gasteiger partial charge in [-0.15, -0.1) is 0 Å². The predicted octanol–water partition coefficient (Wildman–Crippen LogP) is -0.0974. The molecule has 0 spiro atoms. The number of amides is 1. The number of para-hydroxylation sites is 1. The Labute approximate surface area is 146 Å². The van der Waals surface area contributed by atoms with Gasteiger partial charge in [0.2, 0.25) is 5.91 Å². The number of aromatic nitrogens is 2. The van der Waals surface area contributed by atoms with E-state index in [0.717, 1.165) is 45.7 Å². The van der Waals surface area contributed by atoms with E-state index in [2.05, 4.69) is 15.2 Å². The van der Waals surface area contributed by atoms with E-state index in [1.165, 1.54) is 10.9 Å². The van der Waals surface area contributed by atoms with Crippen LogP contribution in [0.15, 0.2) is 35.4 Å². The van der Waals surface area contributed by atoms with Crippen molar-refractivity contribution in [3.05, 3.63) is 40.9 Å². The molecule has 2 aromatic rings. The van der Waals surface area contributed by atoms with Gasteiger partial charge in [-0.2, -0.15) is 0 Å². The van der Waals surface area contributed by atoms with Crippen LogP contribution >= 0.6 is 0 Å². The first-order valence-corrected chi connectivity index (χ1v) is 8.89. The number of hydrogen-bond acceptors (Lipinski definition) is 5. The van der Waals surface area contributed by atoms with Crippen LogP contribution in [0, 0.1) is 0 Å². The van der Waals surface area contributed by atoms with Crippen LogP contribution in [0.4, 0.5) is 0 Å². The SMILES string of the molecule is O=C(Cn1cnc2ccccc2c1=O)N1CCC(N2CCNCC2)C1. The van der Waals surface area contributed by atoms with Gasteiger partial charge in [-0.25, -0.2) is 4.98 Å². The molecule has 7 heteroatoms. The van der Waals surface area contributed by atoms with Gasteiger partial charge in [0, 0.05) is 45.3 Å². The zero-order valence-electron chi connectivity index (χ0n) is 14.2. The van der Waals surface area contributed by atoms with Crippen LogP contribution in [0.25, 0.3) is 10.9 Å². The quantitative estimate of drug-likeness (QED) is 0.844. The average molecular weight is 341 g/mol. The Bertz CT molecular complexity index is 828. The van der Waals surface area contributed by atoms with E-state index < -0.39 is 0 Å². The molecule has 7 nitrogen and oxygen atoms in total. The Morgan fingerprint density at radius 2 is 2.00 bits per heavy atom. The molecule has 2 saturated heterocycles. The minimum Gasteiger partial charge on any atom is -0.340 e. The van der Waals surface area contributed by atoms with Crippen molar-refractivity contribution in [2.45, 2.75) is 19.0 Å². The summed E-state index contributed by atoms with van der Waals surface area (Å²) in [7, 11) is 0. The molecule has 0 radical (unpaired) electrons. The molecule has 1 unspecified atom stereocenters. The standard InChI is InChI=1S/C18H23N5O2/c24-17(22-8-5-14(11-22)21-9-6-19-7-10-21)12-23-13-20-16-4-2-1-3-15(16)18(23)25/h1-4,13-14,19H,5-12H2. The molecule has 0 saturated carbocycles. The molecule has 1 N–H and O–H groups in total. The van der Waals surface area contributed by atoms with Crippen molar-refractivity contribution in [2.24, 2.45) is 0 Å². The third kappa shape index (κ3) is 3.29. The molecule has 1 amide bonds. The Morgan fingerprint density at radius 3 is 2.84 bits per heavy atom. The lowest BCUT2D eigenvalue weighted by Gasteiger charge is -2.32. The second-order valence-corrected chi connectivity index (χ2v) is 6.76. The van der Waals surface area contributed by atoms with Gasteiger partial charge >= 0.3 is 0 Å². The maximum absolute atomic E-state index is 12.6. The van der Waals surface area contributed by atoms with E-state index in [4.69, 9.17) is 0 Å². The predicted molar refractivity (Wildman–Crippen MR) is 95.4 cm³/mol. The number of likely N-dealkylation sites (tertiary alicyclic amines) is 1. The third-order valence-electron chi connectivity index (χ3n) is 5.22. The van der Waals surface area contributed by atoms with E-state index in [1.54, 1.807) is 12.1 Å². The Hall–Kier alpha value is -2.25. The second kappa shape index (κ2) is 6.93. The summed E-state index contributed by atoms with van der Waals surface area (Å²) in [5.74, 6) is -0.00295. The lowest BCUT2D eigenvalue weighted by molar-refractivity contribution is -0.131. The summed E-state index contributed by atoms with van der Waals surface area (Å²) in [6.07, 6.45) is 2.49. The molecule has 2 fully saturated rings. The maximum atomic E-state index is 12.6. The highest BCUT2D eigenvalue weighted by Crippen LogP contribution is 2.16. The molecular formula is C18H23N5O2. The zero-order chi connectivity index (χ0) is 17.2. The summed E-state index contributed by atoms with van der Waals surface area (Å²) in [6, 6.07) is 7.67. The van der Waals surface area contributed by atoms with Gasteiger partial charge in [-0.05, 0) is 18.6 Å². The van der Waals surface area contributed by atoms with Crippen molar-refractivity contribution in [2.75, 3.05) is 39.3 Å². The molecule has 1 atom stereocenters. The fourth-order valence-electron chi connectivity index (χ4n) is 3.78. The Kier molecular flexibility index (Phi) is 4.50. The zero-order valence-corrected chi connectivity index (χ0v) is 14.2. The molecule has 1 aromatic heterocycles. The molecular weight excluding hydrogens is 318 g/mol. The van der Waals surface area contributed by atoms with E-state index in [9.17, 15) is 9.59 Å². The lowest BCUT2D eigenvalue weighted by Crippen LogP contribution is -2.49. The number of benzene rings is 1.